The van der Waals surface area contributed by atoms with Gasteiger partial charge >= 0.3 is 0 Å². The van der Waals surface area contributed by atoms with Gasteiger partial charge in [0, 0.05) is 23.3 Å². The molecule has 1 aliphatic heterocycles. The monoisotopic (exact) mass is 382 g/mol. The number of aromatic nitrogens is 1. The van der Waals surface area contributed by atoms with Gasteiger partial charge in [0.1, 0.15) is 17.2 Å². The third kappa shape index (κ3) is 3.57. The maximum absolute atomic E-state index is 12.4. The summed E-state index contributed by atoms with van der Waals surface area (Å²) in [5.41, 5.74) is 1.83. The van der Waals surface area contributed by atoms with Crippen molar-refractivity contribution in [1.29, 1.82) is 0 Å². The van der Waals surface area contributed by atoms with Crippen LogP contribution in [0, 0.1) is 0 Å². The van der Waals surface area contributed by atoms with Crippen LogP contribution in [-0.2, 0) is 6.54 Å². The topological polar surface area (TPSA) is 92.1 Å². The average Bonchev–Trinajstić information content (AvgIpc) is 3.40. The van der Waals surface area contributed by atoms with Gasteiger partial charge in [0.25, 0.3) is 5.91 Å². The average molecular weight is 382 g/mol. The minimum Gasteiger partial charge on any atom is -0.497 e. The minimum absolute atomic E-state index is 0.210. The Labute approximate surface area is 160 Å². The van der Waals surface area contributed by atoms with Crippen LogP contribution >= 0.6 is 0 Å². The van der Waals surface area contributed by atoms with Gasteiger partial charge < -0.3 is 28.8 Å². The van der Waals surface area contributed by atoms with E-state index in [0.717, 1.165) is 5.56 Å². The smallest absolute Gasteiger partial charge is 0.251 e. The summed E-state index contributed by atoms with van der Waals surface area (Å²) in [6.07, 6.45) is 0. The summed E-state index contributed by atoms with van der Waals surface area (Å²) in [6.45, 7) is 0.425. The highest BCUT2D eigenvalue weighted by molar-refractivity contribution is 5.95. The number of fused-ring (bicyclic) bond motifs is 1. The molecule has 28 heavy (non-hydrogen) atoms. The normalized spacial score (nSPS) is 11.9. The molecule has 0 atom stereocenters. The highest BCUT2D eigenvalue weighted by Gasteiger charge is 2.16. The Morgan fingerprint density at radius 3 is 2.54 bits per heavy atom. The molecule has 1 aliphatic rings. The second kappa shape index (κ2) is 7.51. The van der Waals surface area contributed by atoms with E-state index in [1.54, 1.807) is 24.3 Å². The zero-order chi connectivity index (χ0) is 19.5. The summed E-state index contributed by atoms with van der Waals surface area (Å²) in [5.74, 6) is 2.74. The number of nitrogens with zero attached hydrogens (tertiary/aromatic N) is 1. The standard InChI is InChI=1S/C20H18N2O6/c1-24-15-5-13(6-16(9-15)25-2)20(23)21-10-14-8-18(28-22-14)12-3-4-17-19(7-12)27-11-26-17/h3-9H,10-11H2,1-2H3,(H,21,23). The third-order valence-electron chi connectivity index (χ3n) is 4.26. The predicted molar refractivity (Wildman–Crippen MR) is 98.8 cm³/mol. The van der Waals surface area contributed by atoms with Crippen LogP contribution in [-0.4, -0.2) is 32.1 Å². The first-order valence-electron chi connectivity index (χ1n) is 8.53. The molecule has 2 aromatic carbocycles. The van der Waals surface area contributed by atoms with Gasteiger partial charge in [-0.2, -0.15) is 0 Å². The maximum atomic E-state index is 12.4. The number of ether oxygens (including phenoxy) is 4. The van der Waals surface area contributed by atoms with Crippen LogP contribution in [0.25, 0.3) is 11.3 Å². The first kappa shape index (κ1) is 17.7. The molecule has 0 saturated heterocycles. The zero-order valence-electron chi connectivity index (χ0n) is 15.4. The molecule has 0 bridgehead atoms. The van der Waals surface area contributed by atoms with Crippen LogP contribution in [0.1, 0.15) is 16.1 Å². The number of nitrogens with one attached hydrogen (secondary N) is 1. The zero-order valence-corrected chi connectivity index (χ0v) is 15.4. The Balaban J connectivity index is 1.44. The second-order valence-electron chi connectivity index (χ2n) is 6.03. The Bertz CT molecular complexity index is 991. The van der Waals surface area contributed by atoms with Gasteiger partial charge in [0.05, 0.1) is 20.8 Å². The van der Waals surface area contributed by atoms with E-state index < -0.39 is 0 Å². The summed E-state index contributed by atoms with van der Waals surface area (Å²) in [7, 11) is 3.06. The molecule has 2 heterocycles. The Morgan fingerprint density at radius 2 is 1.79 bits per heavy atom. The fourth-order valence-electron chi connectivity index (χ4n) is 2.79. The Hall–Kier alpha value is -3.68. The van der Waals surface area contributed by atoms with E-state index in [1.807, 2.05) is 18.2 Å². The number of rotatable bonds is 6. The van der Waals surface area contributed by atoms with Crippen molar-refractivity contribution < 1.29 is 28.3 Å². The quantitative estimate of drug-likeness (QED) is 0.700. The van der Waals surface area contributed by atoms with Crippen LogP contribution in [0.4, 0.5) is 0 Å². The maximum Gasteiger partial charge on any atom is 0.251 e. The van der Waals surface area contributed by atoms with E-state index in [2.05, 4.69) is 10.5 Å². The van der Waals surface area contributed by atoms with E-state index in [1.165, 1.54) is 14.2 Å². The van der Waals surface area contributed by atoms with Gasteiger partial charge in [0.2, 0.25) is 6.79 Å². The van der Waals surface area contributed by atoms with Crippen molar-refractivity contribution >= 4 is 5.91 Å². The lowest BCUT2D eigenvalue weighted by atomic mass is 10.1. The van der Waals surface area contributed by atoms with Crippen LogP contribution in [0.5, 0.6) is 23.0 Å². The minimum atomic E-state index is -0.273. The Kier molecular flexibility index (Phi) is 4.76. The fraction of sp³-hybridized carbons (Fsp3) is 0.200. The van der Waals surface area contributed by atoms with E-state index in [4.69, 9.17) is 23.5 Å². The molecule has 3 aromatic rings. The summed E-state index contributed by atoms with van der Waals surface area (Å²) >= 11 is 0. The van der Waals surface area contributed by atoms with Gasteiger partial charge in [-0.25, -0.2) is 0 Å². The molecule has 1 aromatic heterocycles. The van der Waals surface area contributed by atoms with Crippen molar-refractivity contribution in [3.63, 3.8) is 0 Å². The number of carbonyl (C=O) groups excluding carboxylic acids is 1. The third-order valence-corrected chi connectivity index (χ3v) is 4.26. The summed E-state index contributed by atoms with van der Waals surface area (Å²) < 4.78 is 26.4. The van der Waals surface area contributed by atoms with Crippen LogP contribution in [0.15, 0.2) is 47.0 Å². The fourth-order valence-corrected chi connectivity index (χ4v) is 2.79. The van der Waals surface area contributed by atoms with Crippen LogP contribution in [0.2, 0.25) is 0 Å². The molecule has 1 amide bonds. The number of carbonyl (C=O) groups is 1. The number of benzene rings is 2. The molecule has 1 N–H and O–H groups in total. The van der Waals surface area contributed by atoms with Gasteiger partial charge in [-0.3, -0.25) is 4.79 Å². The van der Waals surface area contributed by atoms with E-state index in [-0.39, 0.29) is 19.2 Å². The van der Waals surface area contributed by atoms with Crippen LogP contribution < -0.4 is 24.3 Å². The molecule has 0 aliphatic carbocycles. The van der Waals surface area contributed by atoms with E-state index in [9.17, 15) is 4.79 Å². The van der Waals surface area contributed by atoms with E-state index in [0.29, 0.717) is 40.0 Å². The van der Waals surface area contributed by atoms with Crippen molar-refractivity contribution in [3.8, 4) is 34.3 Å². The van der Waals surface area contributed by atoms with Gasteiger partial charge in [-0.15, -0.1) is 0 Å². The van der Waals surface area contributed by atoms with Gasteiger partial charge in [0.15, 0.2) is 17.3 Å². The van der Waals surface area contributed by atoms with Gasteiger partial charge in [-0.05, 0) is 30.3 Å². The first-order chi connectivity index (χ1) is 13.7. The largest absolute Gasteiger partial charge is 0.497 e. The summed E-state index contributed by atoms with van der Waals surface area (Å²) in [6, 6.07) is 12.2. The van der Waals surface area contributed by atoms with Crippen LogP contribution in [0.3, 0.4) is 0 Å². The predicted octanol–water partition coefficient (Wildman–Crippen LogP) is 3.02. The summed E-state index contributed by atoms with van der Waals surface area (Å²) in [5, 5.41) is 6.82. The van der Waals surface area contributed by atoms with Gasteiger partial charge in [-0.1, -0.05) is 5.16 Å². The molecule has 0 radical (unpaired) electrons. The molecular formula is C20H18N2O6. The highest BCUT2D eigenvalue weighted by atomic mass is 16.7. The molecule has 8 heteroatoms. The molecule has 0 fully saturated rings. The Morgan fingerprint density at radius 1 is 1.04 bits per heavy atom. The van der Waals surface area contributed by atoms with Crippen molar-refractivity contribution in [2.24, 2.45) is 0 Å². The van der Waals surface area contributed by atoms with Crippen molar-refractivity contribution in [1.82, 2.24) is 10.5 Å². The molecule has 8 nitrogen and oxygen atoms in total. The highest BCUT2D eigenvalue weighted by Crippen LogP contribution is 2.36. The molecule has 0 spiro atoms. The molecular weight excluding hydrogens is 364 g/mol. The lowest BCUT2D eigenvalue weighted by Gasteiger charge is -2.08. The second-order valence-corrected chi connectivity index (χ2v) is 6.03. The number of methoxy groups -OCH3 is 2. The van der Waals surface area contributed by atoms with E-state index >= 15 is 0 Å². The lowest BCUT2D eigenvalue weighted by Crippen LogP contribution is -2.23. The van der Waals surface area contributed by atoms with Crippen molar-refractivity contribution in [2.45, 2.75) is 6.54 Å². The lowest BCUT2D eigenvalue weighted by molar-refractivity contribution is 0.0949. The molecule has 0 unspecified atom stereocenters. The number of hydrogen-bond acceptors (Lipinski definition) is 7. The first-order valence-corrected chi connectivity index (χ1v) is 8.53. The molecule has 4 rings (SSSR count). The van der Waals surface area contributed by atoms with Crippen molar-refractivity contribution in [3.05, 3.63) is 53.7 Å². The number of hydrogen-bond donors (Lipinski definition) is 1. The summed E-state index contributed by atoms with van der Waals surface area (Å²) in [4.78, 5) is 12.4. The SMILES string of the molecule is COc1cc(OC)cc(C(=O)NCc2cc(-c3ccc4c(c3)OCO4)on2)c1. The van der Waals surface area contributed by atoms with Crippen molar-refractivity contribution in [2.75, 3.05) is 21.0 Å². The number of amides is 1. The molecule has 0 saturated carbocycles. The molecule has 144 valence electrons.